The summed E-state index contributed by atoms with van der Waals surface area (Å²) in [5.74, 6) is 1.16. The fraction of sp³-hybridized carbons (Fsp3) is 0.435. The van der Waals surface area contributed by atoms with E-state index in [2.05, 4.69) is 15.1 Å². The molecule has 6 atom stereocenters. The van der Waals surface area contributed by atoms with Crippen LogP contribution in [0.4, 0.5) is 0 Å². The van der Waals surface area contributed by atoms with Gasteiger partial charge >= 0.3 is 19.4 Å². The number of esters is 1. The van der Waals surface area contributed by atoms with Gasteiger partial charge in [-0.3, -0.25) is 23.7 Å². The van der Waals surface area contributed by atoms with Gasteiger partial charge in [-0.05, 0) is 38.4 Å². The van der Waals surface area contributed by atoms with Crippen LogP contribution in [0, 0.1) is 12.3 Å². The first-order chi connectivity index (χ1) is 18.8. The van der Waals surface area contributed by atoms with E-state index in [1.807, 2.05) is 10.9 Å². The lowest BCUT2D eigenvalue weighted by atomic mass is 9.92. The molecule has 0 bridgehead atoms. The highest BCUT2D eigenvalue weighted by Gasteiger charge is 2.64. The van der Waals surface area contributed by atoms with Gasteiger partial charge in [-0.15, -0.1) is 6.42 Å². The van der Waals surface area contributed by atoms with Crippen LogP contribution >= 0.6 is 7.75 Å². The summed E-state index contributed by atoms with van der Waals surface area (Å²) in [5, 5.41) is 28.0. The zero-order chi connectivity index (χ0) is 29.7. The number of ether oxygens (including phenoxy) is 2. The predicted molar refractivity (Wildman–Crippen MR) is 138 cm³/mol. The van der Waals surface area contributed by atoms with E-state index in [0.717, 1.165) is 12.3 Å². The molecule has 0 amide bonds. The molecule has 1 fully saturated rings. The summed E-state index contributed by atoms with van der Waals surface area (Å²) >= 11 is 0. The van der Waals surface area contributed by atoms with Crippen molar-refractivity contribution in [1.82, 2.24) is 14.6 Å². The van der Waals surface area contributed by atoms with Crippen LogP contribution in [0.25, 0.3) is 10.4 Å². The first-order valence-corrected chi connectivity index (χ1v) is 13.2. The lowest BCUT2D eigenvalue weighted by Crippen LogP contribution is -2.52. The van der Waals surface area contributed by atoms with E-state index in [9.17, 15) is 34.7 Å². The Morgan fingerprint density at radius 2 is 2.02 bits per heavy atom. The normalized spacial score (nSPS) is 26.2. The zero-order valence-electron chi connectivity index (χ0n) is 21.5. The molecule has 16 nitrogen and oxygen atoms in total. The van der Waals surface area contributed by atoms with Crippen LogP contribution in [0.5, 0.6) is 5.75 Å². The highest BCUT2D eigenvalue weighted by molar-refractivity contribution is 7.52. The van der Waals surface area contributed by atoms with E-state index in [0.29, 0.717) is 4.57 Å². The number of H-pyrrole nitrogens is 1. The maximum Gasteiger partial charge on any atom is 0.459 e. The Morgan fingerprint density at radius 1 is 1.35 bits per heavy atom. The van der Waals surface area contributed by atoms with Gasteiger partial charge in [0.25, 0.3) is 5.56 Å². The molecular formula is C23H27N6O10P. The Balaban J connectivity index is 1.99. The summed E-state index contributed by atoms with van der Waals surface area (Å²) in [7, 11) is -4.57. The molecule has 1 unspecified atom stereocenters. The molecule has 1 saturated heterocycles. The minimum absolute atomic E-state index is 0.0475. The maximum absolute atomic E-state index is 13.8. The van der Waals surface area contributed by atoms with Gasteiger partial charge in [-0.25, -0.2) is 9.36 Å². The molecule has 17 heteroatoms. The molecule has 0 aliphatic carbocycles. The summed E-state index contributed by atoms with van der Waals surface area (Å²) in [4.78, 5) is 40.8. The zero-order valence-corrected chi connectivity index (χ0v) is 22.4. The molecule has 4 N–H and O–H groups in total. The minimum Gasteiger partial charge on any atom is -0.462 e. The molecule has 1 aromatic heterocycles. The van der Waals surface area contributed by atoms with Crippen molar-refractivity contribution in [3.05, 3.63) is 73.9 Å². The molecule has 3 rings (SSSR count). The lowest BCUT2D eigenvalue weighted by molar-refractivity contribution is -0.149. The molecule has 0 radical (unpaired) electrons. The summed E-state index contributed by atoms with van der Waals surface area (Å²) < 4.78 is 36.2. The number of carbonyl (C=O) groups excluding carboxylic acids is 1. The number of carbonyl (C=O) groups is 1. The first kappa shape index (κ1) is 30.6. The number of rotatable bonds is 11. The number of benzene rings is 1. The van der Waals surface area contributed by atoms with Crippen LogP contribution in [-0.2, 0) is 23.4 Å². The van der Waals surface area contributed by atoms with Crippen LogP contribution in [0.1, 0.15) is 27.0 Å². The molecule has 40 heavy (non-hydrogen) atoms. The average molecular weight is 578 g/mol. The van der Waals surface area contributed by atoms with Gasteiger partial charge in [-0.2, -0.15) is 5.09 Å². The Bertz CT molecular complexity index is 1480. The number of aliphatic hydroxyl groups excluding tert-OH is 1. The topological polar surface area (TPSA) is 227 Å². The van der Waals surface area contributed by atoms with Gasteiger partial charge in [-0.1, -0.05) is 29.2 Å². The quantitative estimate of drug-likeness (QED) is 0.0732. The van der Waals surface area contributed by atoms with Crippen molar-refractivity contribution in [3.8, 4) is 18.1 Å². The molecule has 2 heterocycles. The van der Waals surface area contributed by atoms with Crippen molar-refractivity contribution in [2.24, 2.45) is 5.11 Å². The number of para-hydroxylation sites is 1. The summed E-state index contributed by atoms with van der Waals surface area (Å²) in [6.07, 6.45) is 1.73. The fourth-order valence-corrected chi connectivity index (χ4v) is 5.18. The van der Waals surface area contributed by atoms with E-state index >= 15 is 0 Å². The fourth-order valence-electron chi connectivity index (χ4n) is 3.67. The number of aromatic amines is 1. The van der Waals surface area contributed by atoms with Gasteiger partial charge in [0.15, 0.2) is 11.8 Å². The molecule has 0 spiro atoms. The number of azide groups is 1. The Morgan fingerprint density at radius 3 is 2.60 bits per heavy atom. The number of nitrogens with one attached hydrogen (secondary N) is 2. The molecule has 1 aliphatic heterocycles. The van der Waals surface area contributed by atoms with Crippen molar-refractivity contribution in [3.63, 3.8) is 0 Å². The van der Waals surface area contributed by atoms with E-state index in [4.69, 9.17) is 24.9 Å². The van der Waals surface area contributed by atoms with Gasteiger partial charge in [0.05, 0.1) is 12.7 Å². The monoisotopic (exact) mass is 578 g/mol. The Kier molecular flexibility index (Phi) is 9.24. The van der Waals surface area contributed by atoms with E-state index in [1.54, 1.807) is 32.0 Å². The Hall–Kier alpha value is -3.93. The molecular weight excluding hydrogens is 551 g/mol. The third-order valence-electron chi connectivity index (χ3n) is 5.55. The van der Waals surface area contributed by atoms with Gasteiger partial charge in [0.1, 0.15) is 17.9 Å². The summed E-state index contributed by atoms with van der Waals surface area (Å²) in [6, 6.07) is 7.36. The SMILES string of the molecule is C#C[C@]1(O)[C@H](n2ccc(=O)[nH]c2=O)O[C@@](COP(=O)(N[C@@H](C)C(=O)OC(C)C)Oc2ccccc2)(N=[N+]=[N-])[C@H]1O. The first-order valence-electron chi connectivity index (χ1n) is 11.7. The van der Waals surface area contributed by atoms with Crippen molar-refractivity contribution in [2.45, 2.75) is 56.6 Å². The van der Waals surface area contributed by atoms with E-state index in [-0.39, 0.29) is 5.75 Å². The van der Waals surface area contributed by atoms with Crippen molar-refractivity contribution < 1.29 is 38.1 Å². The third kappa shape index (κ3) is 6.44. The second-order valence-corrected chi connectivity index (χ2v) is 10.6. The van der Waals surface area contributed by atoms with Crippen molar-refractivity contribution >= 4 is 13.7 Å². The predicted octanol–water partition coefficient (Wildman–Crippen LogP) is 0.931. The second-order valence-electron chi connectivity index (χ2n) is 8.91. The van der Waals surface area contributed by atoms with Gasteiger partial charge in [0.2, 0.25) is 5.72 Å². The molecule has 214 valence electrons. The summed E-state index contributed by atoms with van der Waals surface area (Å²) in [5.41, 5.74) is 2.10. The van der Waals surface area contributed by atoms with Crippen molar-refractivity contribution in [1.29, 1.82) is 0 Å². The molecule has 1 aliphatic rings. The second kappa shape index (κ2) is 12.1. The van der Waals surface area contributed by atoms with E-state index in [1.165, 1.54) is 19.1 Å². The summed E-state index contributed by atoms with van der Waals surface area (Å²) in [6.45, 7) is 3.48. The van der Waals surface area contributed by atoms with Gasteiger partial charge in [0, 0.05) is 17.2 Å². The number of aliphatic hydroxyl groups is 2. The highest BCUT2D eigenvalue weighted by atomic mass is 31.2. The number of hydrogen-bond acceptors (Lipinski definition) is 11. The largest absolute Gasteiger partial charge is 0.462 e. The van der Waals surface area contributed by atoms with Crippen molar-refractivity contribution in [2.75, 3.05) is 6.61 Å². The third-order valence-corrected chi connectivity index (χ3v) is 7.18. The van der Waals surface area contributed by atoms with Crippen LogP contribution < -0.4 is 20.9 Å². The molecule has 1 aromatic carbocycles. The standard InChI is InChI=1S/C23H27N6O10P/c1-5-22(34)19(32)23(27-28-24,38-20(22)29-12-11-17(30)25-21(29)33)13-36-40(35,39-16-9-7-6-8-10-16)26-15(4)18(31)37-14(2)3/h1,6-12,14-15,19-20,32,34H,13H2,2-4H3,(H,26,35)(H,25,30,33)/t15-,19-,20+,22+,23+,40?/m0/s1. The lowest BCUT2D eigenvalue weighted by Gasteiger charge is -2.30. The van der Waals surface area contributed by atoms with Crippen LogP contribution in [0.15, 0.2) is 57.3 Å². The van der Waals surface area contributed by atoms with Gasteiger partial charge < -0.3 is 24.2 Å². The van der Waals surface area contributed by atoms with E-state index < -0.39 is 67.4 Å². The number of nitrogens with zero attached hydrogens (tertiary/aromatic N) is 4. The highest BCUT2D eigenvalue weighted by Crippen LogP contribution is 2.50. The Labute approximate surface area is 227 Å². The number of aromatic nitrogens is 2. The average Bonchev–Trinajstić information content (AvgIpc) is 3.11. The number of terminal acetylenes is 1. The maximum atomic E-state index is 13.8. The minimum atomic E-state index is -4.57. The number of hydrogen-bond donors (Lipinski definition) is 4. The smallest absolute Gasteiger partial charge is 0.459 e. The van der Waals surface area contributed by atoms with Crippen LogP contribution in [0.3, 0.4) is 0 Å². The van der Waals surface area contributed by atoms with Crippen LogP contribution in [-0.4, -0.2) is 61.9 Å². The molecule has 0 saturated carbocycles. The molecule has 2 aromatic rings. The van der Waals surface area contributed by atoms with Crippen LogP contribution in [0.2, 0.25) is 0 Å².